The summed E-state index contributed by atoms with van der Waals surface area (Å²) >= 11 is 6.05. The van der Waals surface area contributed by atoms with Gasteiger partial charge in [-0.15, -0.1) is 0 Å². The molecule has 0 radical (unpaired) electrons. The molecule has 106 valence electrons. The molecule has 0 saturated heterocycles. The number of rotatable bonds is 3. The van der Waals surface area contributed by atoms with Crippen LogP contribution in [-0.2, 0) is 0 Å². The average molecular weight is 304 g/mol. The quantitative estimate of drug-likeness (QED) is 0.718. The number of aromatic nitrogens is 2. The summed E-state index contributed by atoms with van der Waals surface area (Å²) in [6.45, 7) is 0. The largest absolute Gasteiger partial charge is 0.496 e. The van der Waals surface area contributed by atoms with Crippen LogP contribution in [0.1, 0.15) is 5.56 Å². The van der Waals surface area contributed by atoms with Gasteiger partial charge < -0.3 is 15.1 Å². The topological polar surface area (TPSA) is 61.8 Å². The zero-order chi connectivity index (χ0) is 15.0. The van der Waals surface area contributed by atoms with Crippen LogP contribution in [0.5, 0.6) is 5.75 Å². The van der Waals surface area contributed by atoms with Gasteiger partial charge in [0.2, 0.25) is 0 Å². The number of H-pyrrole nitrogens is 1. The Morgan fingerprint density at radius 3 is 2.86 bits per heavy atom. The summed E-state index contributed by atoms with van der Waals surface area (Å²) < 4.78 is 19.2. The van der Waals surface area contributed by atoms with Gasteiger partial charge in [-0.25, -0.2) is 9.37 Å². The van der Waals surface area contributed by atoms with Gasteiger partial charge in [-0.05, 0) is 18.2 Å². The van der Waals surface area contributed by atoms with Gasteiger partial charge >= 0.3 is 0 Å². The molecule has 1 heterocycles. The minimum absolute atomic E-state index is 0.228. The van der Waals surface area contributed by atoms with Crippen LogP contribution >= 0.6 is 11.6 Å². The Morgan fingerprint density at radius 2 is 2.19 bits per heavy atom. The third-order valence-electron chi connectivity index (χ3n) is 3.19. The van der Waals surface area contributed by atoms with E-state index < -0.39 is 5.82 Å². The number of imidazole rings is 1. The first-order valence-electron chi connectivity index (χ1n) is 6.16. The van der Waals surface area contributed by atoms with Gasteiger partial charge in [0.25, 0.3) is 0 Å². The van der Waals surface area contributed by atoms with Crippen molar-refractivity contribution >= 4 is 28.8 Å². The van der Waals surface area contributed by atoms with E-state index in [2.05, 4.69) is 9.97 Å². The Labute approximate surface area is 125 Å². The number of nitrogens with zero attached hydrogens (tertiary/aromatic N) is 1. The molecule has 21 heavy (non-hydrogen) atoms. The van der Waals surface area contributed by atoms with Crippen LogP contribution in [0.3, 0.4) is 0 Å². The molecular formula is C15H11ClFN3O. The van der Waals surface area contributed by atoms with Gasteiger partial charge in [0.15, 0.2) is 0 Å². The fraction of sp³-hybridized carbons (Fsp3) is 0.0667. The van der Waals surface area contributed by atoms with Gasteiger partial charge in [0.1, 0.15) is 17.4 Å². The maximum atomic E-state index is 14.0. The van der Waals surface area contributed by atoms with Crippen LogP contribution in [0.15, 0.2) is 30.3 Å². The van der Waals surface area contributed by atoms with Crippen molar-refractivity contribution < 1.29 is 9.13 Å². The number of ether oxygens (including phenoxy) is 1. The van der Waals surface area contributed by atoms with Crippen LogP contribution in [0.25, 0.3) is 22.4 Å². The molecule has 3 aromatic rings. The molecule has 0 aliphatic rings. The predicted molar refractivity (Wildman–Crippen MR) is 80.9 cm³/mol. The molecule has 0 aliphatic carbocycles. The Hall–Kier alpha value is -2.40. The van der Waals surface area contributed by atoms with E-state index in [0.717, 1.165) is 0 Å². The van der Waals surface area contributed by atoms with E-state index in [4.69, 9.17) is 21.7 Å². The lowest BCUT2D eigenvalue weighted by Crippen LogP contribution is -1.90. The monoisotopic (exact) mass is 303 g/mol. The van der Waals surface area contributed by atoms with Crippen molar-refractivity contribution in [1.82, 2.24) is 9.97 Å². The molecule has 0 amide bonds. The molecule has 3 rings (SSSR count). The number of benzene rings is 2. The Bertz CT molecular complexity index is 824. The number of methoxy groups -OCH3 is 1. The molecule has 2 N–H and O–H groups in total. The number of nitrogens with one attached hydrogen (secondary N) is 2. The summed E-state index contributed by atoms with van der Waals surface area (Å²) in [5, 5.41) is 7.67. The SMILES string of the molecule is COc1cc2nc(-c3c(F)cccc3Cl)[nH]c2cc1C=N. The second-order valence-electron chi connectivity index (χ2n) is 4.44. The molecule has 6 heteroatoms. The molecule has 2 aromatic carbocycles. The lowest BCUT2D eigenvalue weighted by atomic mass is 10.2. The summed E-state index contributed by atoms with van der Waals surface area (Å²) in [6, 6.07) is 7.91. The summed E-state index contributed by atoms with van der Waals surface area (Å²) in [5.41, 5.74) is 2.14. The minimum atomic E-state index is -0.444. The second kappa shape index (κ2) is 5.18. The molecule has 0 fully saturated rings. The van der Waals surface area contributed by atoms with Gasteiger partial charge in [-0.3, -0.25) is 0 Å². The lowest BCUT2D eigenvalue weighted by molar-refractivity contribution is 0.414. The number of fused-ring (bicyclic) bond motifs is 1. The van der Waals surface area contributed by atoms with Crippen molar-refractivity contribution in [2.45, 2.75) is 0 Å². The molecule has 0 saturated carbocycles. The maximum absolute atomic E-state index is 14.0. The molecule has 0 atom stereocenters. The van der Waals surface area contributed by atoms with E-state index >= 15 is 0 Å². The molecule has 1 aromatic heterocycles. The van der Waals surface area contributed by atoms with E-state index in [0.29, 0.717) is 28.2 Å². The van der Waals surface area contributed by atoms with Crippen molar-refractivity contribution in [3.05, 3.63) is 46.7 Å². The summed E-state index contributed by atoms with van der Waals surface area (Å²) in [4.78, 5) is 7.38. The summed E-state index contributed by atoms with van der Waals surface area (Å²) in [6.07, 6.45) is 1.19. The van der Waals surface area contributed by atoms with Crippen molar-refractivity contribution in [1.29, 1.82) is 5.41 Å². The first kappa shape index (κ1) is 13.6. The standard InChI is InChI=1S/C15H11ClFN3O/c1-21-13-6-12-11(5-8(13)7-18)19-15(20-12)14-9(16)3-2-4-10(14)17/h2-7,18H,1H3,(H,19,20). The highest BCUT2D eigenvalue weighted by molar-refractivity contribution is 6.33. The van der Waals surface area contributed by atoms with Crippen molar-refractivity contribution in [2.75, 3.05) is 7.11 Å². The molecule has 0 aliphatic heterocycles. The average Bonchev–Trinajstić information content (AvgIpc) is 2.87. The van der Waals surface area contributed by atoms with Crippen LogP contribution < -0.4 is 4.74 Å². The first-order valence-corrected chi connectivity index (χ1v) is 6.54. The molecule has 4 nitrogen and oxygen atoms in total. The number of hydrogen-bond acceptors (Lipinski definition) is 3. The summed E-state index contributed by atoms with van der Waals surface area (Å²) in [7, 11) is 1.52. The number of halogens is 2. The van der Waals surface area contributed by atoms with Crippen LogP contribution in [-0.4, -0.2) is 23.3 Å². The van der Waals surface area contributed by atoms with E-state index in [9.17, 15) is 4.39 Å². The van der Waals surface area contributed by atoms with Crippen LogP contribution in [0.4, 0.5) is 4.39 Å². The minimum Gasteiger partial charge on any atom is -0.496 e. The highest BCUT2D eigenvalue weighted by Crippen LogP contribution is 2.31. The Balaban J connectivity index is 2.24. The first-order chi connectivity index (χ1) is 10.1. The highest BCUT2D eigenvalue weighted by Gasteiger charge is 2.15. The number of hydrogen-bond donors (Lipinski definition) is 2. The van der Waals surface area contributed by atoms with Gasteiger partial charge in [0.05, 0.1) is 28.7 Å². The number of aromatic amines is 1. The lowest BCUT2D eigenvalue weighted by Gasteiger charge is -2.02. The van der Waals surface area contributed by atoms with Crippen molar-refractivity contribution in [3.63, 3.8) is 0 Å². The van der Waals surface area contributed by atoms with E-state index in [1.54, 1.807) is 24.3 Å². The maximum Gasteiger partial charge on any atom is 0.142 e. The third-order valence-corrected chi connectivity index (χ3v) is 3.50. The predicted octanol–water partition coefficient (Wildman–Crippen LogP) is 4.03. The normalized spacial score (nSPS) is 10.8. The van der Waals surface area contributed by atoms with E-state index in [1.165, 1.54) is 19.4 Å². The second-order valence-corrected chi connectivity index (χ2v) is 4.84. The van der Waals surface area contributed by atoms with Gasteiger partial charge in [0, 0.05) is 17.8 Å². The third kappa shape index (κ3) is 2.25. The zero-order valence-electron chi connectivity index (χ0n) is 11.1. The van der Waals surface area contributed by atoms with Gasteiger partial charge in [-0.2, -0.15) is 0 Å². The molecule has 0 bridgehead atoms. The highest BCUT2D eigenvalue weighted by atomic mass is 35.5. The summed E-state index contributed by atoms with van der Waals surface area (Å²) in [5.74, 6) is 0.438. The van der Waals surface area contributed by atoms with Crippen molar-refractivity contribution in [3.8, 4) is 17.1 Å². The Morgan fingerprint density at radius 1 is 1.38 bits per heavy atom. The Kier molecular flexibility index (Phi) is 3.35. The van der Waals surface area contributed by atoms with Crippen molar-refractivity contribution in [2.24, 2.45) is 0 Å². The molecular weight excluding hydrogens is 293 g/mol. The van der Waals surface area contributed by atoms with Gasteiger partial charge in [-0.1, -0.05) is 17.7 Å². The fourth-order valence-corrected chi connectivity index (χ4v) is 2.44. The fourth-order valence-electron chi connectivity index (χ4n) is 2.19. The smallest absolute Gasteiger partial charge is 0.142 e. The zero-order valence-corrected chi connectivity index (χ0v) is 11.8. The van der Waals surface area contributed by atoms with E-state index in [-0.39, 0.29) is 10.6 Å². The molecule has 0 unspecified atom stereocenters. The van der Waals surface area contributed by atoms with E-state index in [1.807, 2.05) is 0 Å². The molecule has 0 spiro atoms. The van der Waals surface area contributed by atoms with Crippen LogP contribution in [0, 0.1) is 11.2 Å². The van der Waals surface area contributed by atoms with Crippen LogP contribution in [0.2, 0.25) is 5.02 Å².